The largest absolute Gasteiger partial charge is 0.462 e. The lowest BCUT2D eigenvalue weighted by Gasteiger charge is -2.14. The molecule has 0 radical (unpaired) electrons. The molecule has 0 bridgehead atoms. The third kappa shape index (κ3) is 2.13. The van der Waals surface area contributed by atoms with Crippen molar-refractivity contribution < 1.29 is 9.21 Å². The Kier molecular flexibility index (Phi) is 3.10. The van der Waals surface area contributed by atoms with Crippen molar-refractivity contribution in [1.82, 2.24) is 0 Å². The Morgan fingerprint density at radius 3 is 3.00 bits per heavy atom. The Morgan fingerprint density at radius 2 is 2.24 bits per heavy atom. The maximum atomic E-state index is 11.8. The molecule has 1 amide bonds. The smallest absolute Gasteiger partial charge is 0.227 e. The molecule has 0 saturated heterocycles. The number of carbonyl (C=O) groups is 1. The van der Waals surface area contributed by atoms with Gasteiger partial charge in [0, 0.05) is 25.3 Å². The fourth-order valence-electron chi connectivity index (χ4n) is 1.69. The van der Waals surface area contributed by atoms with E-state index < -0.39 is 0 Å². The summed E-state index contributed by atoms with van der Waals surface area (Å²) < 4.78 is 5.37. The van der Waals surface area contributed by atoms with E-state index in [9.17, 15) is 4.79 Å². The van der Waals surface area contributed by atoms with Gasteiger partial charge in [0.05, 0.1) is 11.8 Å². The van der Waals surface area contributed by atoms with Crippen LogP contribution in [0, 0.1) is 11.3 Å². The van der Waals surface area contributed by atoms with Crippen LogP contribution in [0.15, 0.2) is 34.9 Å². The van der Waals surface area contributed by atoms with Crippen LogP contribution in [-0.4, -0.2) is 13.0 Å². The van der Waals surface area contributed by atoms with Gasteiger partial charge >= 0.3 is 0 Å². The van der Waals surface area contributed by atoms with Crippen molar-refractivity contribution in [3.05, 3.63) is 30.5 Å². The number of nitrogens with zero attached hydrogens (tertiary/aromatic N) is 2. The molecule has 0 atom stereocenters. The van der Waals surface area contributed by atoms with Crippen molar-refractivity contribution in [1.29, 1.82) is 5.26 Å². The van der Waals surface area contributed by atoms with Crippen molar-refractivity contribution in [2.24, 2.45) is 0 Å². The molecule has 4 nitrogen and oxygen atoms in total. The van der Waals surface area contributed by atoms with E-state index in [1.807, 2.05) is 30.3 Å². The summed E-state index contributed by atoms with van der Waals surface area (Å²) in [5.41, 5.74) is 1.49. The van der Waals surface area contributed by atoms with Gasteiger partial charge in [-0.05, 0) is 12.1 Å². The molecule has 0 unspecified atom stereocenters. The van der Waals surface area contributed by atoms with Crippen LogP contribution in [0.5, 0.6) is 0 Å². The molecule has 0 spiro atoms. The molecule has 0 aliphatic heterocycles. The molecule has 0 saturated carbocycles. The fourth-order valence-corrected chi connectivity index (χ4v) is 1.69. The van der Waals surface area contributed by atoms with E-state index in [1.165, 1.54) is 4.90 Å². The Morgan fingerprint density at radius 1 is 1.47 bits per heavy atom. The van der Waals surface area contributed by atoms with E-state index >= 15 is 0 Å². The number of para-hydroxylation sites is 1. The Balaban J connectivity index is 2.28. The van der Waals surface area contributed by atoms with Gasteiger partial charge in [0.15, 0.2) is 0 Å². The quantitative estimate of drug-likeness (QED) is 0.811. The number of fused-ring (bicyclic) bond motifs is 1. The van der Waals surface area contributed by atoms with E-state index in [0.717, 1.165) is 16.7 Å². The molecule has 1 heterocycles. The second-order valence-corrected chi connectivity index (χ2v) is 3.73. The maximum absolute atomic E-state index is 11.8. The predicted molar refractivity (Wildman–Crippen MR) is 64.5 cm³/mol. The third-order valence-electron chi connectivity index (χ3n) is 2.65. The predicted octanol–water partition coefficient (Wildman–Crippen LogP) is 2.70. The van der Waals surface area contributed by atoms with E-state index in [2.05, 4.69) is 0 Å². The van der Waals surface area contributed by atoms with Crippen molar-refractivity contribution in [2.75, 3.05) is 11.9 Å². The number of hydrogen-bond donors (Lipinski definition) is 0. The lowest BCUT2D eigenvalue weighted by molar-refractivity contribution is -0.118. The first-order chi connectivity index (χ1) is 8.24. The lowest BCUT2D eigenvalue weighted by Crippen LogP contribution is -2.25. The van der Waals surface area contributed by atoms with Crippen LogP contribution in [0.2, 0.25) is 0 Å². The molecule has 0 aliphatic carbocycles. The normalized spacial score (nSPS) is 10.1. The summed E-state index contributed by atoms with van der Waals surface area (Å²) >= 11 is 0. The molecular formula is C13H12N2O2. The highest BCUT2D eigenvalue weighted by Gasteiger charge is 2.15. The van der Waals surface area contributed by atoms with Gasteiger partial charge in [0.2, 0.25) is 5.91 Å². The van der Waals surface area contributed by atoms with Gasteiger partial charge in [0.25, 0.3) is 0 Å². The van der Waals surface area contributed by atoms with Gasteiger partial charge in [-0.15, -0.1) is 0 Å². The fraction of sp³-hybridized carbons (Fsp3) is 0.231. The van der Waals surface area contributed by atoms with Crippen LogP contribution in [0.1, 0.15) is 12.8 Å². The first-order valence-electron chi connectivity index (χ1n) is 5.34. The lowest BCUT2D eigenvalue weighted by atomic mass is 10.2. The number of amides is 1. The average Bonchev–Trinajstić information content (AvgIpc) is 2.78. The summed E-state index contributed by atoms with van der Waals surface area (Å²) in [5.74, 6) is -0.0851. The van der Waals surface area contributed by atoms with Gasteiger partial charge in [-0.25, -0.2) is 0 Å². The highest BCUT2D eigenvalue weighted by atomic mass is 16.3. The summed E-state index contributed by atoms with van der Waals surface area (Å²) in [6, 6.07) is 9.50. The first-order valence-corrected chi connectivity index (χ1v) is 5.34. The van der Waals surface area contributed by atoms with Gasteiger partial charge in [-0.1, -0.05) is 12.1 Å². The van der Waals surface area contributed by atoms with Gasteiger partial charge in [-0.2, -0.15) is 5.26 Å². The molecular weight excluding hydrogens is 216 g/mol. The Bertz CT molecular complexity index is 580. The minimum absolute atomic E-state index is 0.0851. The zero-order chi connectivity index (χ0) is 12.3. The number of benzene rings is 1. The van der Waals surface area contributed by atoms with E-state index in [-0.39, 0.29) is 18.7 Å². The second-order valence-electron chi connectivity index (χ2n) is 3.73. The number of furan rings is 1. The van der Waals surface area contributed by atoms with Crippen molar-refractivity contribution in [3.8, 4) is 6.07 Å². The number of hydrogen-bond acceptors (Lipinski definition) is 3. The molecule has 2 rings (SSSR count). The number of rotatable bonds is 3. The third-order valence-corrected chi connectivity index (χ3v) is 2.65. The summed E-state index contributed by atoms with van der Waals surface area (Å²) in [7, 11) is 1.69. The number of anilines is 1. The van der Waals surface area contributed by atoms with Gasteiger partial charge in [-0.3, -0.25) is 4.79 Å². The zero-order valence-corrected chi connectivity index (χ0v) is 9.51. The highest BCUT2D eigenvalue weighted by molar-refractivity contribution is 6.02. The zero-order valence-electron chi connectivity index (χ0n) is 9.51. The molecule has 0 aliphatic rings. The molecule has 0 N–H and O–H groups in total. The molecule has 2 aromatic rings. The second kappa shape index (κ2) is 4.71. The minimum Gasteiger partial charge on any atom is -0.462 e. The summed E-state index contributed by atoms with van der Waals surface area (Å²) in [5, 5.41) is 9.36. The maximum Gasteiger partial charge on any atom is 0.227 e. The first kappa shape index (κ1) is 11.2. The highest BCUT2D eigenvalue weighted by Crippen LogP contribution is 2.28. The van der Waals surface area contributed by atoms with Crippen LogP contribution in [0.25, 0.3) is 11.0 Å². The summed E-state index contributed by atoms with van der Waals surface area (Å²) in [4.78, 5) is 13.3. The van der Waals surface area contributed by atoms with E-state index in [0.29, 0.717) is 0 Å². The van der Waals surface area contributed by atoms with Gasteiger partial charge < -0.3 is 9.32 Å². The van der Waals surface area contributed by atoms with Gasteiger partial charge in [0.1, 0.15) is 11.8 Å². The molecule has 0 fully saturated rings. The van der Waals surface area contributed by atoms with Crippen LogP contribution >= 0.6 is 0 Å². The molecule has 17 heavy (non-hydrogen) atoms. The van der Waals surface area contributed by atoms with Crippen molar-refractivity contribution >= 4 is 22.6 Å². The molecule has 86 valence electrons. The van der Waals surface area contributed by atoms with E-state index in [4.69, 9.17) is 9.68 Å². The number of carbonyl (C=O) groups excluding carboxylic acids is 1. The van der Waals surface area contributed by atoms with Crippen LogP contribution in [0.4, 0.5) is 5.69 Å². The monoisotopic (exact) mass is 228 g/mol. The topological polar surface area (TPSA) is 57.2 Å². The standard InChI is InChI=1S/C13H12N2O2/c1-15(13(16)7-4-8-14)11-9-17-12-6-3-2-5-10(11)12/h2-3,5-6,9H,4,7H2,1H3. The number of nitriles is 1. The van der Waals surface area contributed by atoms with E-state index in [1.54, 1.807) is 13.3 Å². The molecule has 1 aromatic heterocycles. The Labute approximate surface area is 99.0 Å². The molecule has 4 heteroatoms. The van der Waals surface area contributed by atoms with Crippen LogP contribution < -0.4 is 4.90 Å². The Hall–Kier alpha value is -2.28. The van der Waals surface area contributed by atoms with Crippen LogP contribution in [-0.2, 0) is 4.79 Å². The van der Waals surface area contributed by atoms with Crippen LogP contribution in [0.3, 0.4) is 0 Å². The van der Waals surface area contributed by atoms with Crippen molar-refractivity contribution in [2.45, 2.75) is 12.8 Å². The molecule has 1 aromatic carbocycles. The summed E-state index contributed by atoms with van der Waals surface area (Å²) in [6.45, 7) is 0. The average molecular weight is 228 g/mol. The SMILES string of the molecule is CN(C(=O)CCC#N)c1coc2ccccc12. The summed E-state index contributed by atoms with van der Waals surface area (Å²) in [6.07, 6.45) is 2.03. The minimum atomic E-state index is -0.0851. The van der Waals surface area contributed by atoms with Crippen molar-refractivity contribution in [3.63, 3.8) is 0 Å².